The van der Waals surface area contributed by atoms with E-state index in [0.29, 0.717) is 13.1 Å². The Morgan fingerprint density at radius 3 is 2.36 bits per heavy atom. The maximum absolute atomic E-state index is 9.20. The summed E-state index contributed by atoms with van der Waals surface area (Å²) in [6.45, 7) is 3.81. The lowest BCUT2D eigenvalue weighted by molar-refractivity contribution is 0.0632. The van der Waals surface area contributed by atoms with Crippen LogP contribution in [0.3, 0.4) is 0 Å². The molecule has 0 spiro atoms. The second kappa shape index (κ2) is 4.66. The minimum Gasteiger partial charge on any atom is -0.394 e. The second-order valence-corrected chi connectivity index (χ2v) is 3.28. The van der Waals surface area contributed by atoms with Crippen molar-refractivity contribution < 1.29 is 15.3 Å². The number of nitrogens with one attached hydrogen (secondary N) is 1. The van der Waals surface area contributed by atoms with E-state index in [1.165, 1.54) is 0 Å². The molecule has 0 amide bonds. The number of aliphatic hydroxyl groups is 3. The Kier molecular flexibility index (Phi) is 4.60. The van der Waals surface area contributed by atoms with Crippen molar-refractivity contribution in [3.63, 3.8) is 0 Å². The Balaban J connectivity index is 3.28. The molecular formula is C7H17NO3. The van der Waals surface area contributed by atoms with Gasteiger partial charge < -0.3 is 20.6 Å². The van der Waals surface area contributed by atoms with Crippen molar-refractivity contribution in [2.24, 2.45) is 0 Å². The summed E-state index contributed by atoms with van der Waals surface area (Å²) in [4.78, 5) is 0. The number of hydrogen-bond donors (Lipinski definition) is 4. The molecule has 0 radical (unpaired) electrons. The van der Waals surface area contributed by atoms with Crippen LogP contribution >= 0.6 is 0 Å². The first-order valence-electron chi connectivity index (χ1n) is 3.68. The molecular weight excluding hydrogens is 146 g/mol. The molecule has 0 aliphatic heterocycles. The Morgan fingerprint density at radius 2 is 2.00 bits per heavy atom. The van der Waals surface area contributed by atoms with E-state index in [4.69, 9.17) is 10.2 Å². The molecule has 0 aliphatic rings. The van der Waals surface area contributed by atoms with Crippen LogP contribution in [0.5, 0.6) is 0 Å². The third-order valence-electron chi connectivity index (χ3n) is 1.15. The monoisotopic (exact) mass is 163 g/mol. The molecule has 0 aromatic carbocycles. The molecule has 0 fully saturated rings. The molecule has 4 nitrogen and oxygen atoms in total. The SMILES string of the molecule is CC(C)(O)CNCC(O)CO. The van der Waals surface area contributed by atoms with Crippen LogP contribution in [-0.4, -0.2) is 46.7 Å². The number of aliphatic hydroxyl groups excluding tert-OH is 2. The summed E-state index contributed by atoms with van der Waals surface area (Å²) >= 11 is 0. The molecule has 0 saturated carbocycles. The Morgan fingerprint density at radius 1 is 1.45 bits per heavy atom. The van der Waals surface area contributed by atoms with Crippen molar-refractivity contribution in [3.05, 3.63) is 0 Å². The molecule has 4 N–H and O–H groups in total. The fourth-order valence-corrected chi connectivity index (χ4v) is 0.609. The largest absolute Gasteiger partial charge is 0.394 e. The van der Waals surface area contributed by atoms with Crippen molar-refractivity contribution >= 4 is 0 Å². The summed E-state index contributed by atoms with van der Waals surface area (Å²) in [5.74, 6) is 0. The van der Waals surface area contributed by atoms with Gasteiger partial charge in [-0.25, -0.2) is 0 Å². The average Bonchev–Trinajstić information content (AvgIpc) is 1.85. The van der Waals surface area contributed by atoms with Crippen LogP contribution in [0.4, 0.5) is 0 Å². The molecule has 0 aliphatic carbocycles. The fraction of sp³-hybridized carbons (Fsp3) is 1.00. The van der Waals surface area contributed by atoms with E-state index in [2.05, 4.69) is 5.32 Å². The molecule has 0 aromatic heterocycles. The van der Waals surface area contributed by atoms with E-state index >= 15 is 0 Å². The van der Waals surface area contributed by atoms with Crippen molar-refractivity contribution in [2.45, 2.75) is 25.6 Å². The minimum atomic E-state index is -0.769. The highest BCUT2D eigenvalue weighted by atomic mass is 16.3. The summed E-state index contributed by atoms with van der Waals surface area (Å²) in [5.41, 5.74) is -0.769. The highest BCUT2D eigenvalue weighted by Gasteiger charge is 2.11. The standard InChI is InChI=1S/C7H17NO3/c1-7(2,11)5-8-3-6(10)4-9/h6,8-11H,3-5H2,1-2H3. The summed E-state index contributed by atoms with van der Waals surface area (Å²) in [7, 11) is 0. The van der Waals surface area contributed by atoms with Crippen molar-refractivity contribution in [1.29, 1.82) is 0 Å². The highest BCUT2D eigenvalue weighted by molar-refractivity contribution is 4.69. The fourth-order valence-electron chi connectivity index (χ4n) is 0.609. The number of rotatable bonds is 5. The summed E-state index contributed by atoms with van der Waals surface area (Å²) in [6, 6.07) is 0. The van der Waals surface area contributed by atoms with Gasteiger partial charge in [0.25, 0.3) is 0 Å². The van der Waals surface area contributed by atoms with E-state index in [-0.39, 0.29) is 6.61 Å². The Hall–Kier alpha value is -0.160. The van der Waals surface area contributed by atoms with Crippen LogP contribution in [0.2, 0.25) is 0 Å². The quantitative estimate of drug-likeness (QED) is 0.406. The first-order chi connectivity index (χ1) is 4.95. The number of hydrogen-bond acceptors (Lipinski definition) is 4. The van der Waals surface area contributed by atoms with Crippen LogP contribution in [0.25, 0.3) is 0 Å². The summed E-state index contributed by atoms with van der Waals surface area (Å²) < 4.78 is 0. The Labute approximate surface area is 66.9 Å². The Bertz CT molecular complexity index is 100. The van der Waals surface area contributed by atoms with Gasteiger partial charge in [0, 0.05) is 13.1 Å². The van der Waals surface area contributed by atoms with Gasteiger partial charge in [0.15, 0.2) is 0 Å². The van der Waals surface area contributed by atoms with Gasteiger partial charge in [-0.05, 0) is 13.8 Å². The smallest absolute Gasteiger partial charge is 0.0894 e. The highest BCUT2D eigenvalue weighted by Crippen LogP contribution is 1.96. The van der Waals surface area contributed by atoms with E-state index in [1.807, 2.05) is 0 Å². The first-order valence-corrected chi connectivity index (χ1v) is 3.68. The topological polar surface area (TPSA) is 72.7 Å². The molecule has 0 bridgehead atoms. The van der Waals surface area contributed by atoms with E-state index < -0.39 is 11.7 Å². The lowest BCUT2D eigenvalue weighted by atomic mass is 10.1. The molecule has 1 unspecified atom stereocenters. The maximum atomic E-state index is 9.20. The summed E-state index contributed by atoms with van der Waals surface area (Å²) in [5, 5.41) is 29.3. The van der Waals surface area contributed by atoms with Crippen LogP contribution in [-0.2, 0) is 0 Å². The van der Waals surface area contributed by atoms with Gasteiger partial charge in [0.05, 0.1) is 18.3 Å². The third-order valence-corrected chi connectivity index (χ3v) is 1.15. The second-order valence-electron chi connectivity index (χ2n) is 3.28. The summed E-state index contributed by atoms with van der Waals surface area (Å²) in [6.07, 6.45) is -0.739. The third kappa shape index (κ3) is 7.74. The molecule has 11 heavy (non-hydrogen) atoms. The van der Waals surface area contributed by atoms with Crippen molar-refractivity contribution in [2.75, 3.05) is 19.7 Å². The molecule has 0 heterocycles. The molecule has 1 atom stereocenters. The van der Waals surface area contributed by atoms with Crippen LogP contribution in [0.15, 0.2) is 0 Å². The van der Waals surface area contributed by atoms with Crippen LogP contribution in [0.1, 0.15) is 13.8 Å². The maximum Gasteiger partial charge on any atom is 0.0894 e. The van der Waals surface area contributed by atoms with Gasteiger partial charge in [-0.15, -0.1) is 0 Å². The van der Waals surface area contributed by atoms with Gasteiger partial charge in [-0.1, -0.05) is 0 Å². The van der Waals surface area contributed by atoms with Gasteiger partial charge in [-0.3, -0.25) is 0 Å². The molecule has 0 saturated heterocycles. The molecule has 0 aromatic rings. The van der Waals surface area contributed by atoms with E-state index in [9.17, 15) is 5.11 Å². The van der Waals surface area contributed by atoms with E-state index in [1.54, 1.807) is 13.8 Å². The predicted molar refractivity (Wildman–Crippen MR) is 42.3 cm³/mol. The minimum absolute atomic E-state index is 0.251. The average molecular weight is 163 g/mol. The van der Waals surface area contributed by atoms with Crippen molar-refractivity contribution in [3.8, 4) is 0 Å². The molecule has 0 rings (SSSR count). The zero-order valence-corrected chi connectivity index (χ0v) is 7.04. The van der Waals surface area contributed by atoms with Gasteiger partial charge in [0.1, 0.15) is 0 Å². The zero-order valence-electron chi connectivity index (χ0n) is 7.04. The van der Waals surface area contributed by atoms with Gasteiger partial charge in [-0.2, -0.15) is 0 Å². The molecule has 4 heteroatoms. The predicted octanol–water partition coefficient (Wildman–Crippen LogP) is -1.30. The zero-order chi connectivity index (χ0) is 8.91. The van der Waals surface area contributed by atoms with Gasteiger partial charge >= 0.3 is 0 Å². The lowest BCUT2D eigenvalue weighted by Gasteiger charge is -2.18. The normalized spacial score (nSPS) is 15.0. The molecule has 68 valence electrons. The van der Waals surface area contributed by atoms with Crippen LogP contribution < -0.4 is 5.32 Å². The van der Waals surface area contributed by atoms with Crippen molar-refractivity contribution in [1.82, 2.24) is 5.32 Å². The van der Waals surface area contributed by atoms with Crippen LogP contribution in [0, 0.1) is 0 Å². The van der Waals surface area contributed by atoms with Gasteiger partial charge in [0.2, 0.25) is 0 Å². The lowest BCUT2D eigenvalue weighted by Crippen LogP contribution is -2.39. The first kappa shape index (κ1) is 10.8. The van der Waals surface area contributed by atoms with E-state index in [0.717, 1.165) is 0 Å².